The van der Waals surface area contributed by atoms with Gasteiger partial charge in [0.1, 0.15) is 23.2 Å². The number of carbonyl (C=O) groups excluding carboxylic acids is 1. The number of carboxylic acid groups (broad SMARTS) is 1. The summed E-state index contributed by atoms with van der Waals surface area (Å²) in [5.41, 5.74) is -0.121. The van der Waals surface area contributed by atoms with E-state index in [0.717, 1.165) is 0 Å². The highest BCUT2D eigenvalue weighted by molar-refractivity contribution is 6.41. The number of ether oxygens (including phenoxy) is 1. The standard InChI is InChI=1S/C17H23BN2O8/c21-10-5-12(19-6-10)16(23)20-7-11(8-20)28-13-2-1-9(3-4-18(26)27)15(22)14(13)17(24)25/h1-2,10-12,19,21-22,26-27H,3-8H2,(H,24,25)/t10?,12-/m0/s1. The van der Waals surface area contributed by atoms with E-state index in [-0.39, 0.29) is 43.1 Å². The first-order chi connectivity index (χ1) is 13.3. The lowest BCUT2D eigenvalue weighted by atomic mass is 9.82. The molecule has 1 amide bonds. The first-order valence-corrected chi connectivity index (χ1v) is 9.07. The van der Waals surface area contributed by atoms with Crippen molar-refractivity contribution in [3.05, 3.63) is 23.3 Å². The SMILES string of the molecule is O=C(O)c1c(OC2CN(C(=O)[C@@H]3CC(O)CN3)C2)ccc(CCB(O)O)c1O. The van der Waals surface area contributed by atoms with Crippen molar-refractivity contribution in [2.24, 2.45) is 0 Å². The second-order valence-corrected chi connectivity index (χ2v) is 7.10. The summed E-state index contributed by atoms with van der Waals surface area (Å²) in [6.45, 7) is 0.946. The zero-order valence-corrected chi connectivity index (χ0v) is 15.1. The number of aliphatic hydroxyl groups excluding tert-OH is 1. The number of nitrogens with one attached hydrogen (secondary N) is 1. The minimum absolute atomic E-state index is 0.00944. The number of nitrogens with zero attached hydrogens (tertiary/aromatic N) is 1. The average molecular weight is 394 g/mol. The lowest BCUT2D eigenvalue weighted by molar-refractivity contribution is -0.142. The number of hydrogen-bond acceptors (Lipinski definition) is 8. The largest absolute Gasteiger partial charge is 0.507 e. The summed E-state index contributed by atoms with van der Waals surface area (Å²) in [6.07, 6.45) is -0.527. The van der Waals surface area contributed by atoms with E-state index in [1.807, 2.05) is 0 Å². The summed E-state index contributed by atoms with van der Waals surface area (Å²) in [7, 11) is -1.56. The molecule has 3 rings (SSSR count). The van der Waals surface area contributed by atoms with Crippen LogP contribution >= 0.6 is 0 Å². The minimum atomic E-state index is -1.56. The third-order valence-corrected chi connectivity index (χ3v) is 4.97. The lowest BCUT2D eigenvalue weighted by Gasteiger charge is -2.40. The summed E-state index contributed by atoms with van der Waals surface area (Å²) >= 11 is 0. The van der Waals surface area contributed by atoms with Crippen molar-refractivity contribution in [3.8, 4) is 11.5 Å². The Morgan fingerprint density at radius 2 is 2.00 bits per heavy atom. The molecule has 2 atom stereocenters. The Morgan fingerprint density at radius 1 is 1.29 bits per heavy atom. The number of aryl methyl sites for hydroxylation is 1. The zero-order chi connectivity index (χ0) is 20.4. The van der Waals surface area contributed by atoms with E-state index < -0.39 is 42.7 Å². The smallest absolute Gasteiger partial charge is 0.451 e. The van der Waals surface area contributed by atoms with Gasteiger partial charge in [0.25, 0.3) is 0 Å². The van der Waals surface area contributed by atoms with Crippen LogP contribution in [-0.2, 0) is 11.2 Å². The fourth-order valence-electron chi connectivity index (χ4n) is 3.40. The van der Waals surface area contributed by atoms with Gasteiger partial charge in [-0.3, -0.25) is 4.79 Å². The fraction of sp³-hybridized carbons (Fsp3) is 0.529. The third kappa shape index (κ3) is 4.38. The van der Waals surface area contributed by atoms with Crippen LogP contribution in [0.5, 0.6) is 11.5 Å². The minimum Gasteiger partial charge on any atom is -0.507 e. The van der Waals surface area contributed by atoms with Crippen LogP contribution in [0.3, 0.4) is 0 Å². The molecule has 2 aliphatic heterocycles. The van der Waals surface area contributed by atoms with E-state index in [0.29, 0.717) is 13.0 Å². The molecular formula is C17H23BN2O8. The molecule has 2 fully saturated rings. The zero-order valence-electron chi connectivity index (χ0n) is 15.1. The molecule has 2 saturated heterocycles. The van der Waals surface area contributed by atoms with E-state index in [1.54, 1.807) is 4.90 Å². The van der Waals surface area contributed by atoms with E-state index in [2.05, 4.69) is 5.32 Å². The molecule has 0 bridgehead atoms. The van der Waals surface area contributed by atoms with Gasteiger partial charge in [-0.1, -0.05) is 6.07 Å². The number of rotatable bonds is 7. The van der Waals surface area contributed by atoms with Crippen molar-refractivity contribution in [3.63, 3.8) is 0 Å². The molecule has 1 unspecified atom stereocenters. The van der Waals surface area contributed by atoms with Crippen LogP contribution in [0.25, 0.3) is 0 Å². The number of β-amino-alcohol motifs (C(OH)–C–C–N with tert-alkyl or cyclic N) is 1. The molecule has 1 aromatic carbocycles. The molecule has 1 aromatic rings. The van der Waals surface area contributed by atoms with Gasteiger partial charge in [0.15, 0.2) is 0 Å². The molecule has 0 radical (unpaired) electrons. The Bertz CT molecular complexity index is 753. The molecule has 28 heavy (non-hydrogen) atoms. The highest BCUT2D eigenvalue weighted by Gasteiger charge is 2.39. The van der Waals surface area contributed by atoms with Gasteiger partial charge >= 0.3 is 13.1 Å². The van der Waals surface area contributed by atoms with Crippen molar-refractivity contribution < 1.29 is 39.7 Å². The highest BCUT2D eigenvalue weighted by atomic mass is 16.5. The predicted molar refractivity (Wildman–Crippen MR) is 97.2 cm³/mol. The fourth-order valence-corrected chi connectivity index (χ4v) is 3.40. The topological polar surface area (TPSA) is 160 Å². The Hall–Kier alpha value is -2.34. The average Bonchev–Trinajstić information content (AvgIpc) is 3.02. The normalized spacial score (nSPS) is 22.0. The van der Waals surface area contributed by atoms with Gasteiger partial charge in [-0.05, 0) is 30.8 Å². The number of aliphatic hydroxyl groups is 1. The van der Waals surface area contributed by atoms with Crippen molar-refractivity contribution in [2.45, 2.75) is 37.4 Å². The van der Waals surface area contributed by atoms with Crippen LogP contribution in [-0.4, -0.2) is 87.1 Å². The second kappa shape index (κ2) is 8.35. The van der Waals surface area contributed by atoms with Gasteiger partial charge in [0.2, 0.25) is 5.91 Å². The van der Waals surface area contributed by atoms with Gasteiger partial charge in [-0.25, -0.2) is 4.79 Å². The number of likely N-dealkylation sites (tertiary alicyclic amines) is 1. The number of carboxylic acids is 1. The van der Waals surface area contributed by atoms with E-state index >= 15 is 0 Å². The Balaban J connectivity index is 1.62. The molecule has 2 aliphatic rings. The Kier molecular flexibility index (Phi) is 6.09. The van der Waals surface area contributed by atoms with Crippen molar-refractivity contribution in [1.29, 1.82) is 0 Å². The van der Waals surface area contributed by atoms with E-state index in [1.165, 1.54) is 12.1 Å². The van der Waals surface area contributed by atoms with Gasteiger partial charge in [0.05, 0.1) is 25.2 Å². The highest BCUT2D eigenvalue weighted by Crippen LogP contribution is 2.34. The van der Waals surface area contributed by atoms with Gasteiger partial charge in [-0.15, -0.1) is 0 Å². The molecule has 10 nitrogen and oxygen atoms in total. The molecule has 0 aliphatic carbocycles. The molecular weight excluding hydrogens is 371 g/mol. The number of aromatic hydroxyl groups is 1. The maximum Gasteiger partial charge on any atom is 0.451 e. The number of amides is 1. The number of phenols is 1. The number of carbonyl (C=O) groups is 2. The van der Waals surface area contributed by atoms with Crippen molar-refractivity contribution >= 4 is 19.0 Å². The Labute approximate surface area is 161 Å². The first kappa shape index (κ1) is 20.4. The summed E-state index contributed by atoms with van der Waals surface area (Å²) in [4.78, 5) is 25.4. The molecule has 152 valence electrons. The van der Waals surface area contributed by atoms with E-state index in [4.69, 9.17) is 14.8 Å². The quantitative estimate of drug-likeness (QED) is 0.300. The van der Waals surface area contributed by atoms with Crippen molar-refractivity contribution in [1.82, 2.24) is 10.2 Å². The Morgan fingerprint density at radius 3 is 2.57 bits per heavy atom. The van der Waals surface area contributed by atoms with Crippen LogP contribution in [0.1, 0.15) is 22.3 Å². The molecule has 0 aromatic heterocycles. The molecule has 2 heterocycles. The molecule has 11 heteroatoms. The van der Waals surface area contributed by atoms with Crippen LogP contribution in [0.2, 0.25) is 6.32 Å². The first-order valence-electron chi connectivity index (χ1n) is 9.07. The second-order valence-electron chi connectivity index (χ2n) is 7.10. The van der Waals surface area contributed by atoms with Crippen LogP contribution in [0.15, 0.2) is 12.1 Å². The number of aromatic carboxylic acids is 1. The van der Waals surface area contributed by atoms with Crippen LogP contribution < -0.4 is 10.1 Å². The summed E-state index contributed by atoms with van der Waals surface area (Å²) < 4.78 is 5.67. The molecule has 6 N–H and O–H groups in total. The number of hydrogen-bond donors (Lipinski definition) is 6. The summed E-state index contributed by atoms with van der Waals surface area (Å²) in [5, 5.41) is 50.0. The van der Waals surface area contributed by atoms with Gasteiger partial charge in [0, 0.05) is 6.54 Å². The van der Waals surface area contributed by atoms with Gasteiger partial charge in [-0.2, -0.15) is 0 Å². The molecule has 0 spiro atoms. The van der Waals surface area contributed by atoms with Crippen LogP contribution in [0.4, 0.5) is 0 Å². The summed E-state index contributed by atoms with van der Waals surface area (Å²) in [6, 6.07) is 2.47. The maximum atomic E-state index is 12.3. The van der Waals surface area contributed by atoms with Gasteiger partial charge < -0.3 is 40.3 Å². The number of benzene rings is 1. The maximum absolute atomic E-state index is 12.3. The monoisotopic (exact) mass is 394 g/mol. The van der Waals surface area contributed by atoms with Crippen LogP contribution in [0, 0.1) is 0 Å². The third-order valence-electron chi connectivity index (χ3n) is 4.97. The van der Waals surface area contributed by atoms with Crippen molar-refractivity contribution in [2.75, 3.05) is 19.6 Å². The molecule has 0 saturated carbocycles. The predicted octanol–water partition coefficient (Wildman–Crippen LogP) is -1.58. The summed E-state index contributed by atoms with van der Waals surface area (Å²) in [5.74, 6) is -1.97. The van der Waals surface area contributed by atoms with E-state index in [9.17, 15) is 24.9 Å². The lowest BCUT2D eigenvalue weighted by Crippen LogP contribution is -2.59.